The van der Waals surface area contributed by atoms with E-state index in [1.807, 2.05) is 0 Å². The summed E-state index contributed by atoms with van der Waals surface area (Å²) < 4.78 is 10.0. The molecule has 0 radical (unpaired) electrons. The molecule has 0 unspecified atom stereocenters. The molecular weight excluding hydrogens is 292 g/mol. The SMILES string of the molecule is CCOC(=O)c1ccc(-c2cccc(OC)c2C(=O)O)s1. The molecule has 1 N–H and O–H groups in total. The summed E-state index contributed by atoms with van der Waals surface area (Å²) in [6, 6.07) is 8.32. The molecule has 0 aliphatic carbocycles. The molecule has 6 heteroatoms. The Morgan fingerprint density at radius 2 is 2.00 bits per heavy atom. The lowest BCUT2D eigenvalue weighted by molar-refractivity contribution is 0.0531. The Morgan fingerprint density at radius 3 is 2.62 bits per heavy atom. The Kier molecular flexibility index (Phi) is 4.59. The van der Waals surface area contributed by atoms with Crippen molar-refractivity contribution < 1.29 is 24.2 Å². The number of benzene rings is 1. The number of thiophene rings is 1. The van der Waals surface area contributed by atoms with Crippen LogP contribution in [0, 0.1) is 0 Å². The van der Waals surface area contributed by atoms with E-state index in [0.717, 1.165) is 0 Å². The summed E-state index contributed by atoms with van der Waals surface area (Å²) in [4.78, 5) is 24.2. The molecule has 2 aromatic rings. The van der Waals surface area contributed by atoms with Crippen molar-refractivity contribution in [3.05, 3.63) is 40.8 Å². The molecule has 0 saturated heterocycles. The summed E-state index contributed by atoms with van der Waals surface area (Å²) in [6.45, 7) is 2.03. The summed E-state index contributed by atoms with van der Waals surface area (Å²) in [6.07, 6.45) is 0. The Hall–Kier alpha value is -2.34. The number of esters is 1. The van der Waals surface area contributed by atoms with Crippen LogP contribution in [-0.2, 0) is 4.74 Å². The van der Waals surface area contributed by atoms with Crippen molar-refractivity contribution in [3.63, 3.8) is 0 Å². The summed E-state index contributed by atoms with van der Waals surface area (Å²) in [5.41, 5.74) is 0.597. The number of hydrogen-bond donors (Lipinski definition) is 1. The minimum atomic E-state index is -1.08. The van der Waals surface area contributed by atoms with Crippen molar-refractivity contribution in [2.45, 2.75) is 6.92 Å². The minimum Gasteiger partial charge on any atom is -0.496 e. The highest BCUT2D eigenvalue weighted by atomic mass is 32.1. The maximum atomic E-state index is 11.7. The van der Waals surface area contributed by atoms with Gasteiger partial charge in [-0.15, -0.1) is 11.3 Å². The van der Waals surface area contributed by atoms with Crippen LogP contribution in [0.5, 0.6) is 5.75 Å². The van der Waals surface area contributed by atoms with E-state index in [2.05, 4.69) is 0 Å². The molecule has 0 aliphatic heterocycles. The summed E-state index contributed by atoms with van der Waals surface area (Å²) in [5.74, 6) is -1.20. The molecule has 0 atom stereocenters. The predicted molar refractivity (Wildman–Crippen MR) is 79.2 cm³/mol. The molecule has 0 fully saturated rings. The maximum absolute atomic E-state index is 11.7. The molecule has 0 bridgehead atoms. The standard InChI is InChI=1S/C15H14O5S/c1-3-20-15(18)12-8-7-11(21-12)9-5-4-6-10(19-2)13(9)14(16)17/h4-8H,3H2,1-2H3,(H,16,17). The highest BCUT2D eigenvalue weighted by molar-refractivity contribution is 7.17. The van der Waals surface area contributed by atoms with E-state index in [9.17, 15) is 14.7 Å². The van der Waals surface area contributed by atoms with Crippen LogP contribution in [0.25, 0.3) is 10.4 Å². The van der Waals surface area contributed by atoms with Crippen LogP contribution in [0.1, 0.15) is 27.0 Å². The summed E-state index contributed by atoms with van der Waals surface area (Å²) >= 11 is 1.19. The van der Waals surface area contributed by atoms with E-state index in [0.29, 0.717) is 21.9 Å². The molecule has 110 valence electrons. The second-order valence-electron chi connectivity index (χ2n) is 4.07. The van der Waals surface area contributed by atoms with E-state index in [1.54, 1.807) is 37.3 Å². The lowest BCUT2D eigenvalue weighted by atomic mass is 10.1. The first-order valence-electron chi connectivity index (χ1n) is 6.26. The van der Waals surface area contributed by atoms with Crippen LogP contribution in [0.2, 0.25) is 0 Å². The largest absolute Gasteiger partial charge is 0.496 e. The first-order valence-corrected chi connectivity index (χ1v) is 7.07. The minimum absolute atomic E-state index is 0.0808. The fourth-order valence-electron chi connectivity index (χ4n) is 1.92. The zero-order chi connectivity index (χ0) is 15.4. The first kappa shape index (κ1) is 15.1. The molecule has 1 heterocycles. The number of methoxy groups -OCH3 is 1. The van der Waals surface area contributed by atoms with Gasteiger partial charge in [-0.2, -0.15) is 0 Å². The molecular formula is C15H14O5S. The maximum Gasteiger partial charge on any atom is 0.348 e. The van der Waals surface area contributed by atoms with Crippen LogP contribution >= 0.6 is 11.3 Å². The number of carbonyl (C=O) groups is 2. The summed E-state index contributed by atoms with van der Waals surface area (Å²) in [5, 5.41) is 9.37. The quantitative estimate of drug-likeness (QED) is 0.858. The van der Waals surface area contributed by atoms with E-state index < -0.39 is 11.9 Å². The van der Waals surface area contributed by atoms with E-state index >= 15 is 0 Å². The molecule has 0 aliphatic rings. The molecule has 1 aromatic heterocycles. The fourth-order valence-corrected chi connectivity index (χ4v) is 2.85. The van der Waals surface area contributed by atoms with Gasteiger partial charge in [-0.1, -0.05) is 12.1 Å². The van der Waals surface area contributed by atoms with Gasteiger partial charge in [0, 0.05) is 10.4 Å². The zero-order valence-electron chi connectivity index (χ0n) is 11.6. The van der Waals surface area contributed by atoms with Crippen LogP contribution in [0.15, 0.2) is 30.3 Å². The first-order chi connectivity index (χ1) is 10.1. The van der Waals surface area contributed by atoms with Gasteiger partial charge >= 0.3 is 11.9 Å². The highest BCUT2D eigenvalue weighted by Crippen LogP contribution is 2.35. The van der Waals surface area contributed by atoms with Gasteiger partial charge in [0.25, 0.3) is 0 Å². The smallest absolute Gasteiger partial charge is 0.348 e. The van der Waals surface area contributed by atoms with Crippen LogP contribution in [0.4, 0.5) is 0 Å². The van der Waals surface area contributed by atoms with Crippen molar-refractivity contribution in [2.75, 3.05) is 13.7 Å². The predicted octanol–water partition coefficient (Wildman–Crippen LogP) is 3.30. The van der Waals surface area contributed by atoms with Crippen LogP contribution in [0.3, 0.4) is 0 Å². The lowest BCUT2D eigenvalue weighted by Crippen LogP contribution is -2.02. The molecule has 2 rings (SSSR count). The third-order valence-electron chi connectivity index (χ3n) is 2.81. The van der Waals surface area contributed by atoms with Gasteiger partial charge in [0.2, 0.25) is 0 Å². The number of carboxylic acid groups (broad SMARTS) is 1. The number of aromatic carboxylic acids is 1. The normalized spacial score (nSPS) is 10.2. The Labute approximate surface area is 125 Å². The molecule has 21 heavy (non-hydrogen) atoms. The van der Waals surface area contributed by atoms with Crippen LogP contribution in [-0.4, -0.2) is 30.8 Å². The van der Waals surface area contributed by atoms with E-state index in [-0.39, 0.29) is 11.3 Å². The van der Waals surface area contributed by atoms with Crippen molar-refractivity contribution in [1.82, 2.24) is 0 Å². The second kappa shape index (κ2) is 6.41. The summed E-state index contributed by atoms with van der Waals surface area (Å²) in [7, 11) is 1.42. The lowest BCUT2D eigenvalue weighted by Gasteiger charge is -2.09. The Morgan fingerprint density at radius 1 is 1.24 bits per heavy atom. The Balaban J connectivity index is 2.48. The second-order valence-corrected chi connectivity index (χ2v) is 5.16. The molecule has 0 saturated carbocycles. The van der Waals surface area contributed by atoms with E-state index in [4.69, 9.17) is 9.47 Å². The third kappa shape index (κ3) is 3.05. The van der Waals surface area contributed by atoms with Crippen molar-refractivity contribution in [3.8, 4) is 16.2 Å². The highest BCUT2D eigenvalue weighted by Gasteiger charge is 2.19. The van der Waals surface area contributed by atoms with E-state index in [1.165, 1.54) is 18.4 Å². The van der Waals surface area contributed by atoms with Crippen LogP contribution < -0.4 is 4.74 Å². The topological polar surface area (TPSA) is 72.8 Å². The van der Waals surface area contributed by atoms with Crippen molar-refractivity contribution in [2.24, 2.45) is 0 Å². The van der Waals surface area contributed by atoms with Gasteiger partial charge < -0.3 is 14.6 Å². The van der Waals surface area contributed by atoms with Gasteiger partial charge in [-0.3, -0.25) is 0 Å². The molecule has 0 amide bonds. The number of carbonyl (C=O) groups excluding carboxylic acids is 1. The molecule has 1 aromatic carbocycles. The van der Waals surface area contributed by atoms with Gasteiger partial charge in [-0.05, 0) is 25.1 Å². The average molecular weight is 306 g/mol. The number of rotatable bonds is 5. The molecule has 0 spiro atoms. The van der Waals surface area contributed by atoms with Crippen molar-refractivity contribution in [1.29, 1.82) is 0 Å². The van der Waals surface area contributed by atoms with Gasteiger partial charge in [0.15, 0.2) is 0 Å². The van der Waals surface area contributed by atoms with Gasteiger partial charge in [-0.25, -0.2) is 9.59 Å². The monoisotopic (exact) mass is 306 g/mol. The number of ether oxygens (including phenoxy) is 2. The average Bonchev–Trinajstić information content (AvgIpc) is 2.96. The zero-order valence-corrected chi connectivity index (χ0v) is 12.4. The van der Waals surface area contributed by atoms with Crippen molar-refractivity contribution >= 4 is 23.3 Å². The van der Waals surface area contributed by atoms with Gasteiger partial charge in [0.05, 0.1) is 13.7 Å². The van der Waals surface area contributed by atoms with Gasteiger partial charge in [0.1, 0.15) is 16.2 Å². The third-order valence-corrected chi connectivity index (χ3v) is 3.91. The number of hydrogen-bond acceptors (Lipinski definition) is 5. The fraction of sp³-hybridized carbons (Fsp3) is 0.200. The number of carboxylic acids is 1. The molecule has 5 nitrogen and oxygen atoms in total. The Bertz CT molecular complexity index is 674.